The number of nitrogens with zero attached hydrogens (tertiary/aromatic N) is 1. The zero-order valence-corrected chi connectivity index (χ0v) is 13.8. The lowest BCUT2D eigenvalue weighted by Crippen LogP contribution is -2.52. The Hall–Kier alpha value is -1.26. The van der Waals surface area contributed by atoms with Crippen molar-refractivity contribution in [1.82, 2.24) is 5.32 Å². The summed E-state index contributed by atoms with van der Waals surface area (Å²) in [6.07, 6.45) is 0.222. The van der Waals surface area contributed by atoms with E-state index in [2.05, 4.69) is 5.32 Å². The van der Waals surface area contributed by atoms with Crippen LogP contribution in [0, 0.1) is 5.41 Å². The lowest BCUT2D eigenvalue weighted by atomic mass is 9.86. The average Bonchev–Trinajstić information content (AvgIpc) is 2.50. The molecule has 1 heterocycles. The van der Waals surface area contributed by atoms with Crippen molar-refractivity contribution < 1.29 is 9.59 Å². The molecule has 0 aromatic heterocycles. The van der Waals surface area contributed by atoms with Crippen LogP contribution in [-0.4, -0.2) is 24.4 Å². The Bertz CT molecular complexity index is 561. The molecular formula is C15H18Cl2N2O2. The van der Waals surface area contributed by atoms with Gasteiger partial charge < -0.3 is 10.2 Å². The second kappa shape index (κ2) is 5.85. The summed E-state index contributed by atoms with van der Waals surface area (Å²) >= 11 is 12.4. The minimum Gasteiger partial charge on any atom is -0.344 e. The Morgan fingerprint density at radius 2 is 1.76 bits per heavy atom. The molecule has 2 rings (SSSR count). The van der Waals surface area contributed by atoms with E-state index in [4.69, 9.17) is 23.2 Å². The van der Waals surface area contributed by atoms with Gasteiger partial charge in [-0.15, -0.1) is 0 Å². The van der Waals surface area contributed by atoms with Gasteiger partial charge >= 0.3 is 0 Å². The predicted molar refractivity (Wildman–Crippen MR) is 84.8 cm³/mol. The van der Waals surface area contributed by atoms with Gasteiger partial charge in [0.25, 0.3) is 0 Å². The number of para-hydroxylation sites is 1. The first-order valence-corrected chi connectivity index (χ1v) is 7.52. The van der Waals surface area contributed by atoms with Crippen molar-refractivity contribution in [3.63, 3.8) is 0 Å². The van der Waals surface area contributed by atoms with E-state index in [0.717, 1.165) is 0 Å². The summed E-state index contributed by atoms with van der Waals surface area (Å²) < 4.78 is 0. The molecule has 1 N–H and O–H groups in total. The third kappa shape index (κ3) is 3.33. The van der Waals surface area contributed by atoms with E-state index in [1.54, 1.807) is 18.2 Å². The molecule has 4 nitrogen and oxygen atoms in total. The van der Waals surface area contributed by atoms with Crippen molar-refractivity contribution in [2.24, 2.45) is 5.41 Å². The van der Waals surface area contributed by atoms with E-state index in [0.29, 0.717) is 15.7 Å². The molecule has 21 heavy (non-hydrogen) atoms. The molecule has 0 saturated carbocycles. The summed E-state index contributed by atoms with van der Waals surface area (Å²) in [7, 11) is 0. The smallest absolute Gasteiger partial charge is 0.250 e. The number of anilines is 1. The second-order valence-electron chi connectivity index (χ2n) is 6.18. The molecule has 1 aromatic rings. The predicted octanol–water partition coefficient (Wildman–Crippen LogP) is 3.26. The Morgan fingerprint density at radius 1 is 1.19 bits per heavy atom. The van der Waals surface area contributed by atoms with Gasteiger partial charge in [-0.2, -0.15) is 0 Å². The first-order chi connectivity index (χ1) is 9.71. The fraction of sp³-hybridized carbons (Fsp3) is 0.467. The van der Waals surface area contributed by atoms with E-state index in [1.165, 1.54) is 4.90 Å². The number of carbonyl (C=O) groups excluding carboxylic acids is 2. The fourth-order valence-corrected chi connectivity index (χ4v) is 2.93. The molecule has 1 aliphatic heterocycles. The zero-order valence-electron chi connectivity index (χ0n) is 12.2. The van der Waals surface area contributed by atoms with Gasteiger partial charge in [0.05, 0.1) is 15.7 Å². The molecule has 114 valence electrons. The molecule has 1 aliphatic rings. The second-order valence-corrected chi connectivity index (χ2v) is 6.99. The molecule has 1 aromatic carbocycles. The van der Waals surface area contributed by atoms with Crippen LogP contribution >= 0.6 is 23.2 Å². The van der Waals surface area contributed by atoms with Crippen LogP contribution in [0.3, 0.4) is 0 Å². The Morgan fingerprint density at radius 3 is 2.29 bits per heavy atom. The maximum Gasteiger partial charge on any atom is 0.250 e. The topological polar surface area (TPSA) is 49.4 Å². The van der Waals surface area contributed by atoms with E-state index in [1.807, 2.05) is 20.8 Å². The Labute approximate surface area is 134 Å². The van der Waals surface area contributed by atoms with Crippen LogP contribution in [0.2, 0.25) is 10.0 Å². The lowest BCUT2D eigenvalue weighted by Gasteiger charge is -2.32. The van der Waals surface area contributed by atoms with Gasteiger partial charge in [-0.25, -0.2) is 0 Å². The lowest BCUT2D eigenvalue weighted by molar-refractivity contribution is -0.127. The number of carbonyl (C=O) groups is 2. The molecule has 1 atom stereocenters. The highest BCUT2D eigenvalue weighted by molar-refractivity contribution is 6.40. The molecule has 0 radical (unpaired) electrons. The normalized spacial score (nSPS) is 20.2. The summed E-state index contributed by atoms with van der Waals surface area (Å²) in [5.41, 5.74) is 0.0693. The van der Waals surface area contributed by atoms with Crippen LogP contribution in [-0.2, 0) is 9.59 Å². The van der Waals surface area contributed by atoms with E-state index >= 15 is 0 Å². The van der Waals surface area contributed by atoms with Crippen LogP contribution in [0.25, 0.3) is 0 Å². The highest BCUT2D eigenvalue weighted by Crippen LogP contribution is 2.36. The number of rotatable bonds is 1. The first kappa shape index (κ1) is 16.1. The Balaban J connectivity index is 2.48. The van der Waals surface area contributed by atoms with Crippen LogP contribution in [0.1, 0.15) is 27.2 Å². The third-order valence-corrected chi connectivity index (χ3v) is 4.06. The summed E-state index contributed by atoms with van der Waals surface area (Å²) in [5, 5.41) is 3.59. The average molecular weight is 329 g/mol. The van der Waals surface area contributed by atoms with Gasteiger partial charge in [-0.3, -0.25) is 9.59 Å². The van der Waals surface area contributed by atoms with Crippen molar-refractivity contribution in [2.45, 2.75) is 33.2 Å². The molecule has 2 amide bonds. The zero-order chi connectivity index (χ0) is 15.8. The molecular weight excluding hydrogens is 311 g/mol. The summed E-state index contributed by atoms with van der Waals surface area (Å²) in [6, 6.07) is 4.48. The maximum absolute atomic E-state index is 12.8. The van der Waals surface area contributed by atoms with Gasteiger partial charge in [0.1, 0.15) is 6.04 Å². The van der Waals surface area contributed by atoms with Gasteiger partial charge in [-0.1, -0.05) is 50.0 Å². The van der Waals surface area contributed by atoms with Gasteiger partial charge in [0.2, 0.25) is 11.8 Å². The van der Waals surface area contributed by atoms with Crippen LogP contribution in [0.5, 0.6) is 0 Å². The number of amides is 2. The van der Waals surface area contributed by atoms with Crippen molar-refractivity contribution in [3.05, 3.63) is 28.2 Å². The largest absolute Gasteiger partial charge is 0.344 e. The van der Waals surface area contributed by atoms with Crippen molar-refractivity contribution in [2.75, 3.05) is 11.4 Å². The van der Waals surface area contributed by atoms with E-state index in [-0.39, 0.29) is 24.8 Å². The number of benzene rings is 1. The van der Waals surface area contributed by atoms with E-state index < -0.39 is 11.5 Å². The molecule has 1 fully saturated rings. The highest BCUT2D eigenvalue weighted by atomic mass is 35.5. The van der Waals surface area contributed by atoms with Crippen molar-refractivity contribution in [1.29, 1.82) is 0 Å². The summed E-state index contributed by atoms with van der Waals surface area (Å²) in [6.45, 7) is 6.00. The minimum absolute atomic E-state index is 0.144. The number of hydrogen-bond donors (Lipinski definition) is 1. The van der Waals surface area contributed by atoms with E-state index in [9.17, 15) is 9.59 Å². The fourth-order valence-electron chi connectivity index (χ4n) is 2.33. The first-order valence-electron chi connectivity index (χ1n) is 6.76. The van der Waals surface area contributed by atoms with Gasteiger partial charge in [0, 0.05) is 13.0 Å². The number of hydrogen-bond acceptors (Lipinski definition) is 2. The quantitative estimate of drug-likeness (QED) is 0.860. The van der Waals surface area contributed by atoms with Crippen molar-refractivity contribution in [3.8, 4) is 0 Å². The summed E-state index contributed by atoms with van der Waals surface area (Å²) in [5.74, 6) is -0.336. The van der Waals surface area contributed by atoms with Crippen molar-refractivity contribution >= 4 is 40.7 Å². The number of nitrogens with one attached hydrogen (secondary N) is 1. The standard InChI is InChI=1S/C15H18Cl2N2O2/c1-15(2,3)13-14(21)19(8-7-11(20)18-13)12-9(16)5-4-6-10(12)17/h4-6,13H,7-8H2,1-3H3,(H,18,20). The number of halogens is 2. The molecule has 0 bridgehead atoms. The SMILES string of the molecule is CC(C)(C)C1NC(=O)CCN(c2c(Cl)cccc2Cl)C1=O. The van der Waals surface area contributed by atoms with Crippen LogP contribution in [0.4, 0.5) is 5.69 Å². The van der Waals surface area contributed by atoms with Gasteiger partial charge in [-0.05, 0) is 17.5 Å². The van der Waals surface area contributed by atoms with Gasteiger partial charge in [0.15, 0.2) is 0 Å². The summed E-state index contributed by atoms with van der Waals surface area (Å²) in [4.78, 5) is 26.2. The molecule has 0 spiro atoms. The van der Waals surface area contributed by atoms with Crippen LogP contribution < -0.4 is 10.2 Å². The minimum atomic E-state index is -0.611. The maximum atomic E-state index is 12.8. The molecule has 0 aliphatic carbocycles. The highest BCUT2D eigenvalue weighted by Gasteiger charge is 2.39. The van der Waals surface area contributed by atoms with Crippen LogP contribution in [0.15, 0.2) is 18.2 Å². The molecule has 1 saturated heterocycles. The third-order valence-electron chi connectivity index (χ3n) is 3.45. The molecule has 1 unspecified atom stereocenters. The molecule has 6 heteroatoms. The monoisotopic (exact) mass is 328 g/mol. The Kier molecular flexibility index (Phi) is 4.49.